The third-order valence-corrected chi connectivity index (χ3v) is 3.12. The number of methoxy groups -OCH3 is 1. The Morgan fingerprint density at radius 2 is 1.57 bits per heavy atom. The molecule has 2 aromatic rings. The van der Waals surface area contributed by atoms with Crippen LogP contribution in [0.3, 0.4) is 0 Å². The highest BCUT2D eigenvalue weighted by atomic mass is 16.5. The Hall–Kier alpha value is -2.62. The first-order valence-electron chi connectivity index (χ1n) is 6.72. The number of carbonyl (C=O) groups is 2. The maximum absolute atomic E-state index is 12.2. The topological polar surface area (TPSA) is 55.4 Å². The zero-order valence-electron chi connectivity index (χ0n) is 11.8. The van der Waals surface area contributed by atoms with Gasteiger partial charge < -0.3 is 10.1 Å². The van der Waals surface area contributed by atoms with E-state index < -0.39 is 5.97 Å². The predicted octanol–water partition coefficient (Wildman–Crippen LogP) is 2.45. The van der Waals surface area contributed by atoms with Gasteiger partial charge in [0.2, 0.25) is 0 Å². The van der Waals surface area contributed by atoms with E-state index in [1.807, 2.05) is 30.3 Å². The standard InChI is InChI=1S/C17H17NO3/c1-21-17(20)15-10-6-5-9-14(15)16(19)18-12-11-13-7-3-2-4-8-13/h2-10H,11-12H2,1H3,(H,18,19). The van der Waals surface area contributed by atoms with Crippen LogP contribution in [0.15, 0.2) is 54.6 Å². The summed E-state index contributed by atoms with van der Waals surface area (Å²) in [5.74, 6) is -0.782. The number of rotatable bonds is 5. The van der Waals surface area contributed by atoms with Crippen molar-refractivity contribution in [1.82, 2.24) is 5.32 Å². The van der Waals surface area contributed by atoms with E-state index in [1.165, 1.54) is 7.11 Å². The molecule has 2 aromatic carbocycles. The third-order valence-electron chi connectivity index (χ3n) is 3.12. The molecule has 4 heteroatoms. The molecule has 1 amide bonds. The molecule has 108 valence electrons. The van der Waals surface area contributed by atoms with E-state index >= 15 is 0 Å². The van der Waals surface area contributed by atoms with Crippen LogP contribution in [-0.2, 0) is 11.2 Å². The van der Waals surface area contributed by atoms with E-state index in [4.69, 9.17) is 0 Å². The number of esters is 1. The molecule has 0 fully saturated rings. The smallest absolute Gasteiger partial charge is 0.338 e. The van der Waals surface area contributed by atoms with E-state index in [-0.39, 0.29) is 11.5 Å². The molecule has 0 saturated carbocycles. The number of hydrogen-bond acceptors (Lipinski definition) is 3. The van der Waals surface area contributed by atoms with Crippen molar-refractivity contribution in [2.45, 2.75) is 6.42 Å². The van der Waals surface area contributed by atoms with Crippen molar-refractivity contribution < 1.29 is 14.3 Å². The molecule has 4 nitrogen and oxygen atoms in total. The van der Waals surface area contributed by atoms with Crippen molar-refractivity contribution >= 4 is 11.9 Å². The van der Waals surface area contributed by atoms with Crippen LogP contribution in [-0.4, -0.2) is 25.5 Å². The predicted molar refractivity (Wildman–Crippen MR) is 80.3 cm³/mol. The van der Waals surface area contributed by atoms with E-state index in [2.05, 4.69) is 10.1 Å². The quantitative estimate of drug-likeness (QED) is 0.858. The molecule has 0 radical (unpaired) electrons. The van der Waals surface area contributed by atoms with Gasteiger partial charge in [0, 0.05) is 6.54 Å². The van der Waals surface area contributed by atoms with Crippen molar-refractivity contribution in [3.63, 3.8) is 0 Å². The van der Waals surface area contributed by atoms with Crippen LogP contribution in [0.2, 0.25) is 0 Å². The summed E-state index contributed by atoms with van der Waals surface area (Å²) >= 11 is 0. The maximum Gasteiger partial charge on any atom is 0.338 e. The number of ether oxygens (including phenoxy) is 1. The Kier molecular flexibility index (Phi) is 5.10. The largest absolute Gasteiger partial charge is 0.465 e. The monoisotopic (exact) mass is 283 g/mol. The van der Waals surface area contributed by atoms with E-state index in [1.54, 1.807) is 24.3 Å². The molecule has 0 aromatic heterocycles. The van der Waals surface area contributed by atoms with Crippen molar-refractivity contribution in [2.75, 3.05) is 13.7 Å². The van der Waals surface area contributed by atoms with Gasteiger partial charge in [-0.1, -0.05) is 42.5 Å². The van der Waals surface area contributed by atoms with Crippen LogP contribution in [0.25, 0.3) is 0 Å². The minimum atomic E-state index is -0.510. The fraction of sp³-hybridized carbons (Fsp3) is 0.176. The average molecular weight is 283 g/mol. The number of amides is 1. The van der Waals surface area contributed by atoms with Gasteiger partial charge in [-0.15, -0.1) is 0 Å². The van der Waals surface area contributed by atoms with Gasteiger partial charge >= 0.3 is 5.97 Å². The first kappa shape index (κ1) is 14.8. The normalized spacial score (nSPS) is 9.95. The first-order valence-corrected chi connectivity index (χ1v) is 6.72. The lowest BCUT2D eigenvalue weighted by Crippen LogP contribution is -2.27. The molecular formula is C17H17NO3. The zero-order chi connectivity index (χ0) is 15.1. The van der Waals surface area contributed by atoms with Crippen LogP contribution < -0.4 is 5.32 Å². The number of carbonyl (C=O) groups excluding carboxylic acids is 2. The Balaban J connectivity index is 1.99. The third kappa shape index (κ3) is 3.92. The number of hydrogen-bond donors (Lipinski definition) is 1. The highest BCUT2D eigenvalue weighted by Crippen LogP contribution is 2.10. The van der Waals surface area contributed by atoms with Crippen LogP contribution in [0.4, 0.5) is 0 Å². The fourth-order valence-corrected chi connectivity index (χ4v) is 2.03. The molecule has 21 heavy (non-hydrogen) atoms. The van der Waals surface area contributed by atoms with Crippen molar-refractivity contribution in [2.24, 2.45) is 0 Å². The summed E-state index contributed by atoms with van der Waals surface area (Å²) in [6, 6.07) is 16.5. The van der Waals surface area contributed by atoms with Gasteiger partial charge in [-0.25, -0.2) is 4.79 Å². The van der Waals surface area contributed by atoms with E-state index in [0.717, 1.165) is 12.0 Å². The highest BCUT2D eigenvalue weighted by molar-refractivity contribution is 6.05. The molecule has 0 bridgehead atoms. The van der Waals surface area contributed by atoms with Crippen LogP contribution in [0, 0.1) is 0 Å². The van der Waals surface area contributed by atoms with E-state index in [0.29, 0.717) is 12.1 Å². The molecule has 0 unspecified atom stereocenters. The zero-order valence-corrected chi connectivity index (χ0v) is 11.8. The Bertz CT molecular complexity index is 623. The molecule has 0 heterocycles. The van der Waals surface area contributed by atoms with Crippen molar-refractivity contribution in [3.05, 3.63) is 71.3 Å². The molecular weight excluding hydrogens is 266 g/mol. The van der Waals surface area contributed by atoms with Gasteiger partial charge in [-0.05, 0) is 24.1 Å². The van der Waals surface area contributed by atoms with Gasteiger partial charge in [-0.2, -0.15) is 0 Å². The summed E-state index contributed by atoms with van der Waals surface area (Å²) in [7, 11) is 1.30. The minimum absolute atomic E-state index is 0.271. The minimum Gasteiger partial charge on any atom is -0.465 e. The molecule has 0 aliphatic carbocycles. The summed E-state index contributed by atoms with van der Waals surface area (Å²) in [6.07, 6.45) is 0.743. The Morgan fingerprint density at radius 1 is 0.952 bits per heavy atom. The molecule has 1 N–H and O–H groups in total. The second kappa shape index (κ2) is 7.24. The van der Waals surface area contributed by atoms with Crippen LogP contribution in [0.1, 0.15) is 26.3 Å². The highest BCUT2D eigenvalue weighted by Gasteiger charge is 2.16. The summed E-state index contributed by atoms with van der Waals surface area (Å²) in [5, 5.41) is 2.82. The number of nitrogens with one attached hydrogen (secondary N) is 1. The Morgan fingerprint density at radius 3 is 2.24 bits per heavy atom. The van der Waals surface area contributed by atoms with E-state index in [9.17, 15) is 9.59 Å². The maximum atomic E-state index is 12.2. The molecule has 0 aliphatic rings. The van der Waals surface area contributed by atoms with Crippen molar-refractivity contribution in [1.29, 1.82) is 0 Å². The molecule has 0 aliphatic heterocycles. The summed E-state index contributed by atoms with van der Waals surface area (Å²) in [4.78, 5) is 23.8. The second-order valence-electron chi connectivity index (χ2n) is 4.53. The lowest BCUT2D eigenvalue weighted by atomic mass is 10.1. The van der Waals surface area contributed by atoms with Gasteiger partial charge in [0.15, 0.2) is 0 Å². The molecule has 0 atom stereocenters. The molecule has 0 saturated heterocycles. The van der Waals surface area contributed by atoms with Crippen molar-refractivity contribution in [3.8, 4) is 0 Å². The lowest BCUT2D eigenvalue weighted by Gasteiger charge is -2.09. The molecule has 2 rings (SSSR count). The van der Waals surface area contributed by atoms with Gasteiger partial charge in [0.1, 0.15) is 0 Å². The van der Waals surface area contributed by atoms with Gasteiger partial charge in [-0.3, -0.25) is 4.79 Å². The van der Waals surface area contributed by atoms with Gasteiger partial charge in [0.05, 0.1) is 18.2 Å². The fourth-order valence-electron chi connectivity index (χ4n) is 2.03. The average Bonchev–Trinajstić information content (AvgIpc) is 2.55. The molecule has 0 spiro atoms. The second-order valence-corrected chi connectivity index (χ2v) is 4.53. The Labute approximate surface area is 123 Å². The first-order chi connectivity index (χ1) is 10.2. The summed E-state index contributed by atoms with van der Waals surface area (Å²) < 4.78 is 4.68. The summed E-state index contributed by atoms with van der Waals surface area (Å²) in [6.45, 7) is 0.512. The van der Waals surface area contributed by atoms with Gasteiger partial charge in [0.25, 0.3) is 5.91 Å². The lowest BCUT2D eigenvalue weighted by molar-refractivity contribution is 0.0596. The number of benzene rings is 2. The van der Waals surface area contributed by atoms with Crippen LogP contribution >= 0.6 is 0 Å². The summed E-state index contributed by atoms with van der Waals surface area (Å²) in [5.41, 5.74) is 1.76. The SMILES string of the molecule is COC(=O)c1ccccc1C(=O)NCCc1ccccc1. The van der Waals surface area contributed by atoms with Crippen LogP contribution in [0.5, 0.6) is 0 Å².